The largest absolute Gasteiger partial charge is 0.352 e. The molecule has 1 amide bonds. The molecule has 1 aromatic carbocycles. The summed E-state index contributed by atoms with van der Waals surface area (Å²) in [6, 6.07) is 9.63. The smallest absolute Gasteiger partial charge is 0.251 e. The topological polar surface area (TPSA) is 57.3 Å². The number of piperidine rings is 1. The van der Waals surface area contributed by atoms with Crippen LogP contribution in [0.1, 0.15) is 48.5 Å². The number of nitrogens with one attached hydrogen (secondary N) is 2. The molecule has 2 rings (SSSR count). The van der Waals surface area contributed by atoms with Crippen molar-refractivity contribution in [1.29, 1.82) is 5.26 Å². The highest BCUT2D eigenvalue weighted by Gasteiger charge is 2.20. The number of rotatable bonds is 5. The molecule has 1 fully saturated rings. The fourth-order valence-electron chi connectivity index (χ4n) is 2.97. The summed E-state index contributed by atoms with van der Waals surface area (Å²) in [5, 5.41) is 11.8. The molecule has 1 heterocycles. The number of nitrogens with zero attached hydrogens (tertiary/aromatic N) is 1. The molecule has 4 nitrogen and oxygen atoms in total. The molecule has 0 bridgehead atoms. The Bertz CT molecular complexity index is 521. The van der Waals surface area contributed by atoms with Crippen LogP contribution < -0.4 is 10.2 Å². The standard InChI is InChI=1S/C17H23N3O/c1-14-6-2-3-10-20(14)11-5-9-19-17(21)16-8-4-7-15(12-16)13-18/h4,7-8,12,14H,2-3,5-6,9-11H2,1H3,(H,19,21)/p+1/t14-/m1/s1. The Morgan fingerprint density at radius 3 is 3.10 bits per heavy atom. The van der Waals surface area contributed by atoms with Crippen molar-refractivity contribution in [3.63, 3.8) is 0 Å². The van der Waals surface area contributed by atoms with E-state index in [2.05, 4.69) is 18.3 Å². The van der Waals surface area contributed by atoms with Crippen molar-refractivity contribution in [1.82, 2.24) is 5.32 Å². The second kappa shape index (κ2) is 7.80. The molecular formula is C17H24N3O+. The van der Waals surface area contributed by atoms with Crippen LogP contribution in [0, 0.1) is 11.3 Å². The molecule has 1 aromatic rings. The third-order valence-corrected chi connectivity index (χ3v) is 4.30. The van der Waals surface area contributed by atoms with Crippen LogP contribution in [0.3, 0.4) is 0 Å². The van der Waals surface area contributed by atoms with Crippen LogP contribution in [0.2, 0.25) is 0 Å². The minimum atomic E-state index is -0.0891. The van der Waals surface area contributed by atoms with Gasteiger partial charge in [0.15, 0.2) is 0 Å². The van der Waals surface area contributed by atoms with Crippen LogP contribution in [0.25, 0.3) is 0 Å². The van der Waals surface area contributed by atoms with E-state index in [4.69, 9.17) is 5.26 Å². The second-order valence-corrected chi connectivity index (χ2v) is 5.86. The van der Waals surface area contributed by atoms with Crippen molar-refractivity contribution in [2.75, 3.05) is 19.6 Å². The molecule has 0 radical (unpaired) electrons. The van der Waals surface area contributed by atoms with Gasteiger partial charge in [-0.3, -0.25) is 4.79 Å². The summed E-state index contributed by atoms with van der Waals surface area (Å²) in [5.74, 6) is -0.0891. The van der Waals surface area contributed by atoms with Crippen LogP contribution in [0.15, 0.2) is 24.3 Å². The Hall–Kier alpha value is -1.86. The number of quaternary nitrogens is 1. The van der Waals surface area contributed by atoms with Gasteiger partial charge in [0.2, 0.25) is 0 Å². The quantitative estimate of drug-likeness (QED) is 0.797. The van der Waals surface area contributed by atoms with Gasteiger partial charge in [-0.2, -0.15) is 5.26 Å². The number of carbonyl (C=O) groups excluding carboxylic acids is 1. The zero-order chi connectivity index (χ0) is 15.1. The number of benzene rings is 1. The lowest BCUT2D eigenvalue weighted by Gasteiger charge is -2.30. The lowest BCUT2D eigenvalue weighted by atomic mass is 10.0. The van der Waals surface area contributed by atoms with Crippen LogP contribution >= 0.6 is 0 Å². The van der Waals surface area contributed by atoms with Gasteiger partial charge >= 0.3 is 0 Å². The molecule has 0 aromatic heterocycles. The SMILES string of the molecule is C[C@@H]1CCCC[NH+]1CCCNC(=O)c1cccc(C#N)c1. The molecular weight excluding hydrogens is 262 g/mol. The lowest BCUT2D eigenvalue weighted by molar-refractivity contribution is -0.928. The average molecular weight is 286 g/mol. The Morgan fingerprint density at radius 2 is 2.33 bits per heavy atom. The van der Waals surface area contributed by atoms with Gasteiger partial charge in [0.25, 0.3) is 5.91 Å². The zero-order valence-corrected chi connectivity index (χ0v) is 12.7. The third-order valence-electron chi connectivity index (χ3n) is 4.30. The number of hydrogen-bond acceptors (Lipinski definition) is 2. The van der Waals surface area contributed by atoms with Crippen molar-refractivity contribution in [3.05, 3.63) is 35.4 Å². The molecule has 112 valence electrons. The van der Waals surface area contributed by atoms with Crippen LogP contribution in [-0.4, -0.2) is 31.6 Å². The van der Waals surface area contributed by atoms with E-state index < -0.39 is 0 Å². The van der Waals surface area contributed by atoms with Crippen LogP contribution in [0.5, 0.6) is 0 Å². The summed E-state index contributed by atoms with van der Waals surface area (Å²) in [5.41, 5.74) is 1.09. The fraction of sp³-hybridized carbons (Fsp3) is 0.529. The predicted molar refractivity (Wildman–Crippen MR) is 82.1 cm³/mol. The van der Waals surface area contributed by atoms with Crippen LogP contribution in [-0.2, 0) is 0 Å². The first-order valence-corrected chi connectivity index (χ1v) is 7.83. The van der Waals surface area contributed by atoms with E-state index in [1.807, 2.05) is 0 Å². The van der Waals surface area contributed by atoms with Gasteiger partial charge in [0.05, 0.1) is 30.8 Å². The number of likely N-dealkylation sites (tertiary alicyclic amines) is 1. The van der Waals surface area contributed by atoms with Crippen molar-refractivity contribution in [2.24, 2.45) is 0 Å². The van der Waals surface area contributed by atoms with Crippen LogP contribution in [0.4, 0.5) is 0 Å². The molecule has 1 unspecified atom stereocenters. The van der Waals surface area contributed by atoms with E-state index in [0.29, 0.717) is 17.7 Å². The zero-order valence-electron chi connectivity index (χ0n) is 12.7. The number of nitriles is 1. The molecule has 0 saturated carbocycles. The van der Waals surface area contributed by atoms with Gasteiger partial charge in [-0.05, 0) is 44.4 Å². The summed E-state index contributed by atoms with van der Waals surface area (Å²) >= 11 is 0. The van der Waals surface area contributed by atoms with Gasteiger partial charge in [-0.1, -0.05) is 6.07 Å². The lowest BCUT2D eigenvalue weighted by Crippen LogP contribution is -3.16. The first-order chi connectivity index (χ1) is 10.2. The van der Waals surface area contributed by atoms with Crippen molar-refractivity contribution < 1.29 is 9.69 Å². The number of hydrogen-bond donors (Lipinski definition) is 2. The highest BCUT2D eigenvalue weighted by molar-refractivity contribution is 5.94. The molecule has 0 aliphatic carbocycles. The second-order valence-electron chi connectivity index (χ2n) is 5.86. The molecule has 0 spiro atoms. The summed E-state index contributed by atoms with van der Waals surface area (Å²) in [6.07, 6.45) is 5.01. The van der Waals surface area contributed by atoms with E-state index >= 15 is 0 Å². The highest BCUT2D eigenvalue weighted by Crippen LogP contribution is 2.04. The maximum atomic E-state index is 12.0. The van der Waals surface area contributed by atoms with Gasteiger partial charge in [0.1, 0.15) is 0 Å². The minimum absolute atomic E-state index is 0.0891. The first kappa shape index (κ1) is 15.5. The Labute approximate surface area is 126 Å². The highest BCUT2D eigenvalue weighted by atomic mass is 16.1. The monoisotopic (exact) mass is 286 g/mol. The Balaban J connectivity index is 1.73. The molecule has 1 aliphatic heterocycles. The van der Waals surface area contributed by atoms with Crippen molar-refractivity contribution >= 4 is 5.91 Å². The summed E-state index contributed by atoms with van der Waals surface area (Å²) < 4.78 is 0. The number of carbonyl (C=O) groups is 1. The van der Waals surface area contributed by atoms with Gasteiger partial charge < -0.3 is 10.2 Å². The first-order valence-electron chi connectivity index (χ1n) is 7.83. The maximum Gasteiger partial charge on any atom is 0.251 e. The maximum absolute atomic E-state index is 12.0. The minimum Gasteiger partial charge on any atom is -0.352 e. The molecule has 21 heavy (non-hydrogen) atoms. The molecule has 2 N–H and O–H groups in total. The Kier molecular flexibility index (Phi) is 5.77. The van der Waals surface area contributed by atoms with Gasteiger partial charge in [-0.15, -0.1) is 0 Å². The van der Waals surface area contributed by atoms with Crippen molar-refractivity contribution in [2.45, 2.75) is 38.6 Å². The van der Waals surface area contributed by atoms with Gasteiger partial charge in [-0.25, -0.2) is 0 Å². The van der Waals surface area contributed by atoms with E-state index in [1.165, 1.54) is 25.8 Å². The van der Waals surface area contributed by atoms with Crippen molar-refractivity contribution in [3.8, 4) is 6.07 Å². The fourth-order valence-corrected chi connectivity index (χ4v) is 2.97. The summed E-state index contributed by atoms with van der Waals surface area (Å²) in [7, 11) is 0. The predicted octanol–water partition coefficient (Wildman–Crippen LogP) is 1.14. The molecule has 1 saturated heterocycles. The molecule has 4 heteroatoms. The Morgan fingerprint density at radius 1 is 1.48 bits per heavy atom. The number of amides is 1. The van der Waals surface area contributed by atoms with E-state index in [0.717, 1.165) is 19.0 Å². The molecule has 2 atom stereocenters. The normalized spacial score (nSPS) is 21.5. The average Bonchev–Trinajstić information content (AvgIpc) is 2.53. The van der Waals surface area contributed by atoms with Gasteiger partial charge in [0, 0.05) is 18.5 Å². The summed E-state index contributed by atoms with van der Waals surface area (Å²) in [6.45, 7) is 5.41. The molecule has 1 aliphatic rings. The van der Waals surface area contributed by atoms with E-state index in [-0.39, 0.29) is 5.91 Å². The van der Waals surface area contributed by atoms with E-state index in [9.17, 15) is 4.79 Å². The summed E-state index contributed by atoms with van der Waals surface area (Å²) in [4.78, 5) is 13.7. The van der Waals surface area contributed by atoms with E-state index in [1.54, 1.807) is 29.2 Å². The third kappa shape index (κ3) is 4.57.